The van der Waals surface area contributed by atoms with E-state index in [1.807, 2.05) is 49.3 Å². The van der Waals surface area contributed by atoms with E-state index >= 15 is 0 Å². The molecule has 0 unspecified atom stereocenters. The quantitative estimate of drug-likeness (QED) is 0.0918. The third-order valence-corrected chi connectivity index (χ3v) is 16.7. The standard InChI is InChI=1S/C44H47Cl3F3N7O4S3/c1-55(2)20-16-32(27-62-42-37(46)8-5-9-38(42)47)53-39-15-14-34(24-41(39)63(58,59)44(48,49)50)64(60,61)54-43-36-19-23-57(26-40(36)51-28-52-43)33-17-21-56(22-18-33)25-30-6-3-4-7-35(30)29-10-12-31(45)13-11-29/h3-15,24,28,32-33,53H,16-23,25-27H2,1-2H3,(H,51,52,54)/t32-/m1/s1. The number of alkyl halides is 3. The molecule has 0 bridgehead atoms. The summed E-state index contributed by atoms with van der Waals surface area (Å²) in [6.45, 7) is 4.17. The van der Waals surface area contributed by atoms with Gasteiger partial charge >= 0.3 is 5.51 Å². The van der Waals surface area contributed by atoms with Crippen molar-refractivity contribution < 1.29 is 30.0 Å². The topological polar surface area (TPSA) is 128 Å². The molecule has 0 aliphatic carbocycles. The molecule has 2 N–H and O–H groups in total. The Balaban J connectivity index is 1.05. The number of nitrogens with zero attached hydrogens (tertiary/aromatic N) is 5. The molecule has 1 fully saturated rings. The second kappa shape index (κ2) is 20.5. The van der Waals surface area contributed by atoms with Crippen LogP contribution in [0.25, 0.3) is 11.1 Å². The van der Waals surface area contributed by atoms with Gasteiger partial charge in [-0.2, -0.15) is 13.2 Å². The fourth-order valence-corrected chi connectivity index (χ4v) is 12.0. The molecule has 0 amide bonds. The number of hydrogen-bond donors (Lipinski definition) is 2. The minimum absolute atomic E-state index is 0.0136. The van der Waals surface area contributed by atoms with Crippen LogP contribution in [0.1, 0.15) is 36.1 Å². The maximum atomic E-state index is 14.2. The van der Waals surface area contributed by atoms with E-state index in [2.05, 4.69) is 48.0 Å². The minimum atomic E-state index is -6.04. The highest BCUT2D eigenvalue weighted by atomic mass is 35.5. The molecule has 11 nitrogen and oxygen atoms in total. The summed E-state index contributed by atoms with van der Waals surface area (Å²) in [6.07, 6.45) is 3.91. The summed E-state index contributed by atoms with van der Waals surface area (Å²) in [6, 6.07) is 23.6. The number of likely N-dealkylation sites (tertiary alicyclic amines) is 1. The summed E-state index contributed by atoms with van der Waals surface area (Å²) in [5.41, 5.74) is -1.40. The molecular weight excluding hydrogens is 950 g/mol. The van der Waals surface area contributed by atoms with E-state index < -0.39 is 46.9 Å². The molecule has 0 radical (unpaired) electrons. The van der Waals surface area contributed by atoms with E-state index in [-0.39, 0.29) is 17.6 Å². The Labute approximate surface area is 391 Å². The van der Waals surface area contributed by atoms with E-state index in [9.17, 15) is 30.0 Å². The number of rotatable bonds is 16. The Morgan fingerprint density at radius 2 is 1.59 bits per heavy atom. The highest BCUT2D eigenvalue weighted by Crippen LogP contribution is 2.39. The van der Waals surface area contributed by atoms with Gasteiger partial charge in [0.15, 0.2) is 0 Å². The molecule has 5 aromatic rings. The molecule has 0 saturated carbocycles. The molecule has 20 heteroatoms. The Kier molecular flexibility index (Phi) is 15.4. The first kappa shape index (κ1) is 48.3. The average Bonchev–Trinajstić information content (AvgIpc) is 3.25. The second-order valence-corrected chi connectivity index (χ2v) is 21.9. The van der Waals surface area contributed by atoms with E-state index in [0.29, 0.717) is 69.8 Å². The average molecular weight is 997 g/mol. The smallest absolute Gasteiger partial charge is 0.380 e. The number of aromatic nitrogens is 2. The first-order chi connectivity index (χ1) is 30.4. The van der Waals surface area contributed by atoms with Crippen LogP contribution in [0, 0.1) is 0 Å². The lowest BCUT2D eigenvalue weighted by Crippen LogP contribution is -2.46. The molecule has 342 valence electrons. The number of fused-ring (bicyclic) bond motifs is 1. The van der Waals surface area contributed by atoms with Crippen molar-refractivity contribution in [1.82, 2.24) is 24.7 Å². The van der Waals surface area contributed by atoms with Crippen LogP contribution < -0.4 is 10.0 Å². The van der Waals surface area contributed by atoms with Gasteiger partial charge in [-0.05, 0) is 119 Å². The van der Waals surface area contributed by atoms with E-state index in [0.717, 1.165) is 50.2 Å². The number of anilines is 2. The van der Waals surface area contributed by atoms with Crippen LogP contribution in [0.4, 0.5) is 24.7 Å². The minimum Gasteiger partial charge on any atom is -0.380 e. The number of benzene rings is 4. The van der Waals surface area contributed by atoms with Crippen LogP contribution >= 0.6 is 46.6 Å². The highest BCUT2D eigenvalue weighted by Gasteiger charge is 2.48. The molecule has 1 saturated heterocycles. The molecular formula is C44H47Cl3F3N7O4S3. The maximum Gasteiger partial charge on any atom is 0.501 e. The van der Waals surface area contributed by atoms with Crippen molar-refractivity contribution in [2.45, 2.75) is 71.1 Å². The van der Waals surface area contributed by atoms with Crippen LogP contribution in [-0.4, -0.2) is 105 Å². The van der Waals surface area contributed by atoms with Gasteiger partial charge in [0, 0.05) is 53.0 Å². The molecule has 1 atom stereocenters. The fraction of sp³-hybridized carbons (Fsp3) is 0.364. The van der Waals surface area contributed by atoms with Crippen molar-refractivity contribution >= 4 is 77.9 Å². The molecule has 64 heavy (non-hydrogen) atoms. The maximum absolute atomic E-state index is 14.2. The molecule has 0 spiro atoms. The van der Waals surface area contributed by atoms with Gasteiger partial charge in [-0.15, -0.1) is 11.8 Å². The Hall–Kier alpha value is -3.65. The van der Waals surface area contributed by atoms with Crippen LogP contribution in [0.3, 0.4) is 0 Å². The third kappa shape index (κ3) is 11.5. The van der Waals surface area contributed by atoms with Gasteiger partial charge in [0.2, 0.25) is 0 Å². The number of sulfonamides is 1. The van der Waals surface area contributed by atoms with Crippen LogP contribution in [0.15, 0.2) is 106 Å². The molecule has 2 aliphatic heterocycles. The summed E-state index contributed by atoms with van der Waals surface area (Å²) in [5, 5.41) is 4.41. The molecule has 7 rings (SSSR count). The van der Waals surface area contributed by atoms with Gasteiger partial charge < -0.3 is 10.2 Å². The lowest BCUT2D eigenvalue weighted by molar-refractivity contribution is -0.0435. The SMILES string of the molecule is CN(C)CC[C@H](CSc1c(Cl)cccc1Cl)Nc1ccc(S(=O)(=O)Nc2ncnc3c2CCN(C2CCN(Cc4ccccc4-c4ccc(Cl)cc4)CC2)C3)cc1S(=O)(=O)C(F)(F)F. The number of hydrogen-bond acceptors (Lipinski definition) is 11. The first-order valence-corrected chi connectivity index (χ1v) is 25.6. The number of sulfone groups is 1. The van der Waals surface area contributed by atoms with Crippen LogP contribution in [0.2, 0.25) is 15.1 Å². The predicted molar refractivity (Wildman–Crippen MR) is 250 cm³/mol. The Bertz CT molecular complexity index is 2650. The van der Waals surface area contributed by atoms with Crippen molar-refractivity contribution in [2.24, 2.45) is 0 Å². The summed E-state index contributed by atoms with van der Waals surface area (Å²) in [4.78, 5) is 14.0. The fourth-order valence-electron chi connectivity index (χ4n) is 7.98. The van der Waals surface area contributed by atoms with Crippen molar-refractivity contribution in [3.8, 4) is 11.1 Å². The Morgan fingerprint density at radius 1 is 0.891 bits per heavy atom. The second-order valence-electron chi connectivity index (χ2n) is 16.0. The van der Waals surface area contributed by atoms with Gasteiger partial charge in [-0.1, -0.05) is 77.3 Å². The van der Waals surface area contributed by atoms with Crippen molar-refractivity contribution in [1.29, 1.82) is 0 Å². The summed E-state index contributed by atoms with van der Waals surface area (Å²) in [7, 11) is -7.05. The van der Waals surface area contributed by atoms with E-state index in [4.69, 9.17) is 34.8 Å². The summed E-state index contributed by atoms with van der Waals surface area (Å²) in [5.74, 6) is 0.223. The van der Waals surface area contributed by atoms with E-state index in [1.165, 1.54) is 29.2 Å². The third-order valence-electron chi connectivity index (χ3n) is 11.4. The van der Waals surface area contributed by atoms with Crippen molar-refractivity contribution in [3.63, 3.8) is 0 Å². The number of halogens is 6. The van der Waals surface area contributed by atoms with Gasteiger partial charge in [0.05, 0.1) is 26.3 Å². The molecule has 4 aromatic carbocycles. The predicted octanol–water partition coefficient (Wildman–Crippen LogP) is 9.75. The highest BCUT2D eigenvalue weighted by molar-refractivity contribution is 7.99. The van der Waals surface area contributed by atoms with Crippen LogP contribution in [-0.2, 0) is 39.4 Å². The monoisotopic (exact) mass is 995 g/mol. The Morgan fingerprint density at radius 3 is 2.28 bits per heavy atom. The van der Waals surface area contributed by atoms with Gasteiger partial charge in [-0.3, -0.25) is 14.5 Å². The van der Waals surface area contributed by atoms with Crippen molar-refractivity contribution in [3.05, 3.63) is 123 Å². The normalized spacial score (nSPS) is 16.1. The number of nitrogens with one attached hydrogen (secondary N) is 2. The largest absolute Gasteiger partial charge is 0.501 e. The van der Waals surface area contributed by atoms with E-state index in [1.54, 1.807) is 18.2 Å². The molecule has 1 aromatic heterocycles. The summed E-state index contributed by atoms with van der Waals surface area (Å²) >= 11 is 20.1. The van der Waals surface area contributed by atoms with Crippen LogP contribution in [0.5, 0.6) is 0 Å². The van der Waals surface area contributed by atoms with Crippen molar-refractivity contribution in [2.75, 3.05) is 56.1 Å². The molecule has 3 heterocycles. The first-order valence-electron chi connectivity index (χ1n) is 20.5. The zero-order valence-corrected chi connectivity index (χ0v) is 39.7. The molecule has 2 aliphatic rings. The van der Waals surface area contributed by atoms with Gasteiger partial charge in [0.25, 0.3) is 19.9 Å². The lowest BCUT2D eigenvalue weighted by atomic mass is 9.96. The zero-order valence-electron chi connectivity index (χ0n) is 35.0. The lowest BCUT2D eigenvalue weighted by Gasteiger charge is -2.40. The number of thioether (sulfide) groups is 1. The number of piperidine rings is 1. The zero-order chi connectivity index (χ0) is 45.8. The van der Waals surface area contributed by atoms with Gasteiger partial charge in [-0.25, -0.2) is 26.8 Å². The van der Waals surface area contributed by atoms with Gasteiger partial charge in [0.1, 0.15) is 17.0 Å². The summed E-state index contributed by atoms with van der Waals surface area (Å²) < 4.78 is 99.1.